The third-order valence-corrected chi connectivity index (χ3v) is 6.01. The zero-order valence-corrected chi connectivity index (χ0v) is 17.8. The van der Waals surface area contributed by atoms with Crippen LogP contribution >= 0.6 is 11.3 Å². The fourth-order valence-corrected chi connectivity index (χ4v) is 4.27. The van der Waals surface area contributed by atoms with Crippen molar-refractivity contribution in [2.45, 2.75) is 46.1 Å². The van der Waals surface area contributed by atoms with Gasteiger partial charge >= 0.3 is 0 Å². The quantitative estimate of drug-likeness (QED) is 0.636. The van der Waals surface area contributed by atoms with Gasteiger partial charge in [0.25, 0.3) is 0 Å². The number of aromatic nitrogens is 5. The number of likely N-dealkylation sites (tertiary alicyclic amines) is 1. The fourth-order valence-electron chi connectivity index (χ4n) is 3.67. The van der Waals surface area contributed by atoms with Gasteiger partial charge in [0.2, 0.25) is 5.13 Å². The van der Waals surface area contributed by atoms with Crippen molar-refractivity contribution in [3.05, 3.63) is 52.7 Å². The van der Waals surface area contributed by atoms with E-state index in [1.54, 1.807) is 0 Å². The van der Waals surface area contributed by atoms with E-state index in [4.69, 9.17) is 4.98 Å². The first-order chi connectivity index (χ1) is 14.2. The van der Waals surface area contributed by atoms with Gasteiger partial charge in [0.1, 0.15) is 16.6 Å². The van der Waals surface area contributed by atoms with Crippen LogP contribution in [-0.2, 0) is 19.4 Å². The Kier molecular flexibility index (Phi) is 6.41. The minimum absolute atomic E-state index is 0.677. The highest BCUT2D eigenvalue weighted by Crippen LogP contribution is 2.24. The second-order valence-electron chi connectivity index (χ2n) is 7.55. The van der Waals surface area contributed by atoms with Gasteiger partial charge in [-0.3, -0.25) is 4.90 Å². The smallest absolute Gasteiger partial charge is 0.211 e. The van der Waals surface area contributed by atoms with Crippen molar-refractivity contribution in [3.8, 4) is 0 Å². The molecule has 1 N–H and O–H groups in total. The monoisotopic (exact) mass is 409 g/mol. The van der Waals surface area contributed by atoms with E-state index in [9.17, 15) is 0 Å². The van der Waals surface area contributed by atoms with Crippen LogP contribution in [0.3, 0.4) is 0 Å². The van der Waals surface area contributed by atoms with Crippen LogP contribution in [0, 0.1) is 12.8 Å². The first kappa shape index (κ1) is 19.8. The molecule has 3 aromatic rings. The summed E-state index contributed by atoms with van der Waals surface area (Å²) in [7, 11) is 0. The highest BCUT2D eigenvalue weighted by Gasteiger charge is 2.20. The minimum atomic E-state index is 0.677. The zero-order valence-electron chi connectivity index (χ0n) is 17.0. The molecule has 0 unspecified atom stereocenters. The molecule has 0 aromatic carbocycles. The van der Waals surface area contributed by atoms with Crippen molar-refractivity contribution in [2.24, 2.45) is 5.92 Å². The van der Waals surface area contributed by atoms with E-state index in [-0.39, 0.29) is 0 Å². The molecule has 7 nitrogen and oxygen atoms in total. The van der Waals surface area contributed by atoms with Gasteiger partial charge in [-0.1, -0.05) is 24.3 Å². The zero-order chi connectivity index (χ0) is 20.1. The van der Waals surface area contributed by atoms with Gasteiger partial charge in [-0.2, -0.15) is 0 Å². The Morgan fingerprint density at radius 3 is 2.62 bits per heavy atom. The molecule has 0 radical (unpaired) electrons. The summed E-state index contributed by atoms with van der Waals surface area (Å²) < 4.78 is 0. The molecule has 4 rings (SSSR count). The van der Waals surface area contributed by atoms with Crippen LogP contribution in [0.25, 0.3) is 0 Å². The summed E-state index contributed by atoms with van der Waals surface area (Å²) in [5, 5.41) is 13.1. The standard InChI is InChI=1S/C21H27N7S/c1-3-19-22-12-17(13-23-19)14-28-9-7-16(8-10-28)11-18-5-4-6-20(24-18)25-21-27-26-15(2)29-21/h4-6,12-13,16H,3,7-11,14H2,1-2H3,(H,24,25,27). The molecule has 4 heterocycles. The van der Waals surface area contributed by atoms with Crippen LogP contribution in [-0.4, -0.2) is 43.1 Å². The number of anilines is 2. The predicted molar refractivity (Wildman–Crippen MR) is 115 cm³/mol. The normalized spacial score (nSPS) is 15.5. The van der Waals surface area contributed by atoms with Crippen molar-refractivity contribution >= 4 is 22.3 Å². The maximum absolute atomic E-state index is 4.77. The summed E-state index contributed by atoms with van der Waals surface area (Å²) in [6, 6.07) is 6.16. The van der Waals surface area contributed by atoms with Gasteiger partial charge in [-0.25, -0.2) is 15.0 Å². The Labute approximate surface area is 175 Å². The van der Waals surface area contributed by atoms with Gasteiger partial charge in [-0.05, 0) is 57.3 Å². The lowest BCUT2D eigenvalue weighted by atomic mass is 9.92. The number of piperidine rings is 1. The third kappa shape index (κ3) is 5.55. The minimum Gasteiger partial charge on any atom is -0.315 e. The van der Waals surface area contributed by atoms with E-state index in [2.05, 4.69) is 49.4 Å². The van der Waals surface area contributed by atoms with Gasteiger partial charge < -0.3 is 5.32 Å². The summed E-state index contributed by atoms with van der Waals surface area (Å²) in [4.78, 5) is 16.1. The molecular formula is C21H27N7S. The summed E-state index contributed by atoms with van der Waals surface area (Å²) >= 11 is 1.54. The topological polar surface area (TPSA) is 79.7 Å². The number of pyridine rings is 1. The molecule has 0 saturated carbocycles. The lowest BCUT2D eigenvalue weighted by molar-refractivity contribution is 0.176. The average molecular weight is 410 g/mol. The Hall–Kier alpha value is -2.45. The SMILES string of the molecule is CCc1ncc(CN2CCC(Cc3cccc(Nc4nnc(C)s4)n3)CC2)cn1. The second-order valence-corrected chi connectivity index (χ2v) is 8.73. The highest BCUT2D eigenvalue weighted by molar-refractivity contribution is 7.15. The Bertz CT molecular complexity index is 917. The van der Waals surface area contributed by atoms with Crippen LogP contribution in [0.15, 0.2) is 30.6 Å². The lowest BCUT2D eigenvalue weighted by Gasteiger charge is -2.31. The first-order valence-corrected chi connectivity index (χ1v) is 11.0. The van der Waals surface area contributed by atoms with Crippen LogP contribution in [0.4, 0.5) is 10.9 Å². The number of nitrogens with zero attached hydrogens (tertiary/aromatic N) is 6. The number of aryl methyl sites for hydroxylation is 2. The molecule has 1 aliphatic heterocycles. The molecule has 8 heteroatoms. The summed E-state index contributed by atoms with van der Waals surface area (Å²) in [6.45, 7) is 7.20. The molecule has 29 heavy (non-hydrogen) atoms. The van der Waals surface area contributed by atoms with Gasteiger partial charge in [0.05, 0.1) is 0 Å². The van der Waals surface area contributed by atoms with E-state index in [0.29, 0.717) is 5.92 Å². The summed E-state index contributed by atoms with van der Waals surface area (Å²) in [5.74, 6) is 2.43. The maximum atomic E-state index is 4.77. The Balaban J connectivity index is 1.27. The van der Waals surface area contributed by atoms with Crippen LogP contribution < -0.4 is 5.32 Å². The molecule has 3 aromatic heterocycles. The molecule has 1 saturated heterocycles. The molecule has 1 fully saturated rings. The molecular weight excluding hydrogens is 382 g/mol. The van der Waals surface area contributed by atoms with Gasteiger partial charge in [0.15, 0.2) is 0 Å². The largest absolute Gasteiger partial charge is 0.315 e. The van der Waals surface area contributed by atoms with E-state index in [0.717, 1.165) is 60.0 Å². The number of hydrogen-bond donors (Lipinski definition) is 1. The first-order valence-electron chi connectivity index (χ1n) is 10.2. The molecule has 0 spiro atoms. The molecule has 0 atom stereocenters. The molecule has 0 aliphatic carbocycles. The van der Waals surface area contributed by atoms with E-state index >= 15 is 0 Å². The highest BCUT2D eigenvalue weighted by atomic mass is 32.1. The summed E-state index contributed by atoms with van der Waals surface area (Å²) in [6.07, 6.45) is 8.24. The molecule has 0 amide bonds. The van der Waals surface area contributed by atoms with E-state index in [1.165, 1.54) is 29.7 Å². The van der Waals surface area contributed by atoms with Crippen molar-refractivity contribution in [1.82, 2.24) is 30.0 Å². The number of hydrogen-bond acceptors (Lipinski definition) is 8. The van der Waals surface area contributed by atoms with Gasteiger partial charge in [0, 0.05) is 36.6 Å². The molecule has 152 valence electrons. The molecule has 0 bridgehead atoms. The number of rotatable bonds is 7. The van der Waals surface area contributed by atoms with Crippen LogP contribution in [0.1, 0.15) is 41.9 Å². The number of nitrogens with one attached hydrogen (secondary N) is 1. The molecule has 1 aliphatic rings. The lowest BCUT2D eigenvalue weighted by Crippen LogP contribution is -2.34. The van der Waals surface area contributed by atoms with Crippen LogP contribution in [0.2, 0.25) is 0 Å². The van der Waals surface area contributed by atoms with E-state index < -0.39 is 0 Å². The van der Waals surface area contributed by atoms with Crippen molar-refractivity contribution in [2.75, 3.05) is 18.4 Å². The van der Waals surface area contributed by atoms with Crippen molar-refractivity contribution < 1.29 is 0 Å². The second kappa shape index (κ2) is 9.37. The average Bonchev–Trinajstić information content (AvgIpc) is 3.15. The Morgan fingerprint density at radius 2 is 1.93 bits per heavy atom. The van der Waals surface area contributed by atoms with Crippen LogP contribution in [0.5, 0.6) is 0 Å². The third-order valence-electron chi connectivity index (χ3n) is 5.25. The van der Waals surface area contributed by atoms with Crippen molar-refractivity contribution in [3.63, 3.8) is 0 Å². The maximum Gasteiger partial charge on any atom is 0.211 e. The fraction of sp³-hybridized carbons (Fsp3) is 0.476. The van der Waals surface area contributed by atoms with Crippen molar-refractivity contribution in [1.29, 1.82) is 0 Å². The van der Waals surface area contributed by atoms with E-state index in [1.807, 2.05) is 25.4 Å². The van der Waals surface area contributed by atoms with Gasteiger partial charge in [-0.15, -0.1) is 10.2 Å². The summed E-state index contributed by atoms with van der Waals surface area (Å²) in [5.41, 5.74) is 2.34. The Morgan fingerprint density at radius 1 is 1.14 bits per heavy atom. The predicted octanol–water partition coefficient (Wildman–Crippen LogP) is 3.79.